The van der Waals surface area contributed by atoms with Crippen LogP contribution < -0.4 is 4.74 Å². The molecule has 2 aromatic rings. The molecule has 0 unspecified atom stereocenters. The molecule has 1 fully saturated rings. The van der Waals surface area contributed by atoms with E-state index in [0.29, 0.717) is 22.8 Å². The number of rotatable bonds is 8. The number of hydrogen-bond acceptors (Lipinski definition) is 3. The molecule has 0 aliphatic heterocycles. The highest BCUT2D eigenvalue weighted by atomic mass is 16.5. The minimum atomic E-state index is -0.411. The molecule has 3 nitrogen and oxygen atoms in total. The highest BCUT2D eigenvalue weighted by Gasteiger charge is 2.22. The van der Waals surface area contributed by atoms with Crippen molar-refractivity contribution < 1.29 is 9.53 Å². The van der Waals surface area contributed by atoms with Gasteiger partial charge in [0.05, 0.1) is 11.1 Å². The third-order valence-electron chi connectivity index (χ3n) is 6.35. The second-order valence-electron chi connectivity index (χ2n) is 8.56. The average Bonchev–Trinajstić information content (AvgIpc) is 2.79. The van der Waals surface area contributed by atoms with E-state index >= 15 is 0 Å². The summed E-state index contributed by atoms with van der Waals surface area (Å²) in [6, 6.07) is 15.5. The molecule has 1 saturated carbocycles. The summed E-state index contributed by atoms with van der Waals surface area (Å²) in [5.74, 6) is 1.42. The van der Waals surface area contributed by atoms with Crippen molar-refractivity contribution in [2.75, 3.05) is 0 Å². The van der Waals surface area contributed by atoms with Crippen molar-refractivity contribution >= 4 is 5.97 Å². The van der Waals surface area contributed by atoms with Crippen molar-refractivity contribution in [3.05, 3.63) is 64.7 Å². The van der Waals surface area contributed by atoms with E-state index in [0.717, 1.165) is 30.7 Å². The molecule has 0 atom stereocenters. The maximum absolute atomic E-state index is 12.6. The van der Waals surface area contributed by atoms with Crippen molar-refractivity contribution in [1.82, 2.24) is 0 Å². The minimum absolute atomic E-state index is 0.334. The number of carbonyl (C=O) groups is 1. The summed E-state index contributed by atoms with van der Waals surface area (Å²) in [5.41, 5.74) is 3.36. The van der Waals surface area contributed by atoms with Crippen LogP contribution in [0.1, 0.15) is 98.2 Å². The van der Waals surface area contributed by atoms with Crippen LogP contribution in [-0.2, 0) is 6.42 Å². The molecule has 30 heavy (non-hydrogen) atoms. The van der Waals surface area contributed by atoms with E-state index in [1.807, 2.05) is 24.3 Å². The number of esters is 1. The third-order valence-corrected chi connectivity index (χ3v) is 6.35. The third kappa shape index (κ3) is 5.72. The molecule has 0 heterocycles. The van der Waals surface area contributed by atoms with Gasteiger partial charge in [-0.15, -0.1) is 0 Å². The number of unbranched alkanes of at least 4 members (excludes halogenated alkanes) is 1. The van der Waals surface area contributed by atoms with E-state index in [1.54, 1.807) is 6.07 Å². The quantitative estimate of drug-likeness (QED) is 0.346. The van der Waals surface area contributed by atoms with Crippen molar-refractivity contribution in [3.8, 4) is 11.8 Å². The van der Waals surface area contributed by atoms with Gasteiger partial charge < -0.3 is 4.74 Å². The molecule has 3 rings (SSSR count). The zero-order valence-electron chi connectivity index (χ0n) is 18.3. The molecule has 2 aromatic carbocycles. The molecule has 158 valence electrons. The van der Waals surface area contributed by atoms with Crippen LogP contribution in [0.5, 0.6) is 5.75 Å². The smallest absolute Gasteiger partial charge is 0.343 e. The molecule has 0 bridgehead atoms. The van der Waals surface area contributed by atoms with E-state index in [2.05, 4.69) is 32.0 Å². The van der Waals surface area contributed by atoms with Gasteiger partial charge >= 0.3 is 5.97 Å². The fourth-order valence-corrected chi connectivity index (χ4v) is 4.53. The Balaban J connectivity index is 1.62. The molecule has 0 radical (unpaired) electrons. The molecule has 0 N–H and O–H groups in total. The summed E-state index contributed by atoms with van der Waals surface area (Å²) < 4.78 is 5.55. The predicted molar refractivity (Wildman–Crippen MR) is 121 cm³/mol. The maximum atomic E-state index is 12.6. The number of carbonyl (C=O) groups excluding carboxylic acids is 1. The van der Waals surface area contributed by atoms with Crippen molar-refractivity contribution in [3.63, 3.8) is 0 Å². The molecule has 0 aromatic heterocycles. The van der Waals surface area contributed by atoms with Crippen LogP contribution in [0.4, 0.5) is 0 Å². The van der Waals surface area contributed by atoms with Gasteiger partial charge in [0.25, 0.3) is 0 Å². The summed E-state index contributed by atoms with van der Waals surface area (Å²) in [6.07, 6.45) is 10.9. The predicted octanol–water partition coefficient (Wildman–Crippen LogP) is 7.19. The number of hydrogen-bond donors (Lipinski definition) is 0. The lowest BCUT2D eigenvalue weighted by Gasteiger charge is -2.28. The first-order valence-electron chi connectivity index (χ1n) is 11.5. The lowest BCUT2D eigenvalue weighted by atomic mass is 9.77. The maximum Gasteiger partial charge on any atom is 0.343 e. The van der Waals surface area contributed by atoms with Gasteiger partial charge in [-0.2, -0.15) is 5.26 Å². The molecule has 0 amide bonds. The second-order valence-corrected chi connectivity index (χ2v) is 8.56. The molecular formula is C27H33NO2. The number of ether oxygens (including phenoxy) is 1. The van der Waals surface area contributed by atoms with Crippen LogP contribution in [0.15, 0.2) is 42.5 Å². The molecule has 3 heteroatoms. The Hall–Kier alpha value is -2.60. The monoisotopic (exact) mass is 403 g/mol. The van der Waals surface area contributed by atoms with Gasteiger partial charge in [-0.05, 0) is 85.8 Å². The Kier molecular flexibility index (Phi) is 8.08. The number of aryl methyl sites for hydroxylation is 1. The first kappa shape index (κ1) is 22.1. The van der Waals surface area contributed by atoms with Crippen LogP contribution in [0.25, 0.3) is 0 Å². The molecule has 1 aliphatic rings. The number of benzene rings is 2. The lowest BCUT2D eigenvalue weighted by Crippen LogP contribution is -2.14. The van der Waals surface area contributed by atoms with Gasteiger partial charge in [0.1, 0.15) is 11.8 Å². The summed E-state index contributed by atoms with van der Waals surface area (Å²) in [7, 11) is 0. The summed E-state index contributed by atoms with van der Waals surface area (Å²) in [4.78, 5) is 12.6. The highest BCUT2D eigenvalue weighted by molar-refractivity contribution is 5.91. The van der Waals surface area contributed by atoms with E-state index in [4.69, 9.17) is 4.74 Å². The first-order valence-corrected chi connectivity index (χ1v) is 11.5. The van der Waals surface area contributed by atoms with E-state index < -0.39 is 5.97 Å². The largest absolute Gasteiger partial charge is 0.422 e. The van der Waals surface area contributed by atoms with Crippen LogP contribution in [0, 0.1) is 17.2 Å². The van der Waals surface area contributed by atoms with Gasteiger partial charge in [0.15, 0.2) is 0 Å². The van der Waals surface area contributed by atoms with Gasteiger partial charge in [0.2, 0.25) is 0 Å². The summed E-state index contributed by atoms with van der Waals surface area (Å²) in [5, 5.41) is 9.44. The fraction of sp³-hybridized carbons (Fsp3) is 0.481. The zero-order chi connectivity index (χ0) is 21.3. The first-order chi connectivity index (χ1) is 14.6. The standard InChI is InChI=1S/C27H33NO2/c1-3-5-7-21-10-17-26(25(18-21)19-28)30-27(29)24-15-13-23(14-16-24)22-11-8-20(6-4-2)9-12-22/h10,13-18,20,22H,3-9,11-12H2,1-2H3/t20-,22-. The molecule has 1 aliphatic carbocycles. The van der Waals surface area contributed by atoms with Crippen molar-refractivity contribution in [1.29, 1.82) is 5.26 Å². The van der Waals surface area contributed by atoms with E-state index in [9.17, 15) is 10.1 Å². The van der Waals surface area contributed by atoms with Gasteiger partial charge in [-0.3, -0.25) is 0 Å². The molecule has 0 spiro atoms. The second kappa shape index (κ2) is 11.0. The Morgan fingerprint density at radius 2 is 1.77 bits per heavy atom. The van der Waals surface area contributed by atoms with Crippen molar-refractivity contribution in [2.24, 2.45) is 5.92 Å². The van der Waals surface area contributed by atoms with Crippen LogP contribution in [0.2, 0.25) is 0 Å². The van der Waals surface area contributed by atoms with Crippen LogP contribution in [0.3, 0.4) is 0 Å². The Morgan fingerprint density at radius 3 is 2.40 bits per heavy atom. The molecular weight excluding hydrogens is 370 g/mol. The minimum Gasteiger partial charge on any atom is -0.422 e. The lowest BCUT2D eigenvalue weighted by molar-refractivity contribution is 0.0734. The molecule has 0 saturated heterocycles. The Morgan fingerprint density at radius 1 is 1.03 bits per heavy atom. The summed E-state index contributed by atoms with van der Waals surface area (Å²) in [6.45, 7) is 4.41. The number of nitriles is 1. The highest BCUT2D eigenvalue weighted by Crippen LogP contribution is 2.37. The van der Waals surface area contributed by atoms with E-state index in [1.165, 1.54) is 44.1 Å². The SMILES string of the molecule is CCCCc1ccc(OC(=O)c2ccc([C@H]3CC[C@H](CCC)CC3)cc2)c(C#N)c1. The van der Waals surface area contributed by atoms with Gasteiger partial charge in [-0.25, -0.2) is 4.79 Å². The van der Waals surface area contributed by atoms with Gasteiger partial charge in [0, 0.05) is 0 Å². The normalized spacial score (nSPS) is 18.6. The van der Waals surface area contributed by atoms with Crippen LogP contribution >= 0.6 is 0 Å². The van der Waals surface area contributed by atoms with Gasteiger partial charge in [-0.1, -0.05) is 51.3 Å². The van der Waals surface area contributed by atoms with Crippen LogP contribution in [-0.4, -0.2) is 5.97 Å². The van der Waals surface area contributed by atoms with E-state index in [-0.39, 0.29) is 0 Å². The fourth-order valence-electron chi connectivity index (χ4n) is 4.53. The zero-order valence-corrected chi connectivity index (χ0v) is 18.3. The Labute approximate surface area is 181 Å². The Bertz CT molecular complexity index is 871. The van der Waals surface area contributed by atoms with Crippen molar-refractivity contribution in [2.45, 2.75) is 77.6 Å². The average molecular weight is 404 g/mol. The number of nitrogens with zero attached hydrogens (tertiary/aromatic N) is 1. The summed E-state index contributed by atoms with van der Waals surface area (Å²) >= 11 is 0. The topological polar surface area (TPSA) is 50.1 Å².